The van der Waals surface area contributed by atoms with E-state index in [1.807, 2.05) is 18.2 Å². The molecule has 1 aromatic carbocycles. The molecule has 0 saturated heterocycles. The van der Waals surface area contributed by atoms with Crippen molar-refractivity contribution in [2.75, 3.05) is 6.61 Å². The standard InChI is InChI=1S/C17H15BrN2O/c18-13-6-7-16-14(10-13)17-19-15(11-20(17)8-9-21-16)12-4-2-1-3-5-12/h1-7,11,14H,8-10H2. The molecule has 1 atom stereocenters. The Kier molecular flexibility index (Phi) is 3.19. The third-order valence-corrected chi connectivity index (χ3v) is 4.55. The fourth-order valence-corrected chi connectivity index (χ4v) is 3.37. The number of rotatable bonds is 1. The van der Waals surface area contributed by atoms with Crippen LogP contribution >= 0.6 is 15.9 Å². The summed E-state index contributed by atoms with van der Waals surface area (Å²) in [7, 11) is 0. The van der Waals surface area contributed by atoms with E-state index in [4.69, 9.17) is 9.72 Å². The Morgan fingerprint density at radius 2 is 2.05 bits per heavy atom. The Bertz CT molecular complexity index is 731. The Balaban J connectivity index is 1.78. The quantitative estimate of drug-likeness (QED) is 0.775. The lowest BCUT2D eigenvalue weighted by Crippen LogP contribution is -2.10. The van der Waals surface area contributed by atoms with Crippen LogP contribution in [-0.4, -0.2) is 16.2 Å². The molecule has 21 heavy (non-hydrogen) atoms. The van der Waals surface area contributed by atoms with Gasteiger partial charge in [0.15, 0.2) is 0 Å². The molecular weight excluding hydrogens is 328 g/mol. The highest BCUT2D eigenvalue weighted by molar-refractivity contribution is 9.11. The van der Waals surface area contributed by atoms with Gasteiger partial charge in [0.1, 0.15) is 18.2 Å². The van der Waals surface area contributed by atoms with E-state index in [2.05, 4.69) is 51.0 Å². The van der Waals surface area contributed by atoms with Gasteiger partial charge in [-0.05, 0) is 23.1 Å². The second kappa shape index (κ2) is 5.19. The average Bonchev–Trinajstić information content (AvgIpc) is 2.87. The van der Waals surface area contributed by atoms with E-state index < -0.39 is 0 Å². The number of ether oxygens (including phenoxy) is 1. The van der Waals surface area contributed by atoms with Crippen molar-refractivity contribution in [2.24, 2.45) is 0 Å². The number of halogens is 1. The van der Waals surface area contributed by atoms with Crippen LogP contribution < -0.4 is 0 Å². The van der Waals surface area contributed by atoms with E-state index in [9.17, 15) is 0 Å². The molecule has 2 aromatic rings. The molecular formula is C17H15BrN2O. The molecule has 4 heteroatoms. The van der Waals surface area contributed by atoms with Gasteiger partial charge in [-0.15, -0.1) is 0 Å². The normalized spacial score (nSPS) is 20.5. The number of benzene rings is 1. The maximum absolute atomic E-state index is 5.88. The third-order valence-electron chi connectivity index (χ3n) is 3.96. The van der Waals surface area contributed by atoms with Crippen molar-refractivity contribution in [3.63, 3.8) is 0 Å². The molecule has 1 aromatic heterocycles. The first kappa shape index (κ1) is 12.9. The number of fused-ring (bicyclic) bond motifs is 3. The lowest BCUT2D eigenvalue weighted by Gasteiger charge is -2.19. The van der Waals surface area contributed by atoms with E-state index in [-0.39, 0.29) is 5.92 Å². The summed E-state index contributed by atoms with van der Waals surface area (Å²) in [5, 5.41) is 0. The summed E-state index contributed by atoms with van der Waals surface area (Å²) in [6, 6.07) is 10.3. The average molecular weight is 343 g/mol. The summed E-state index contributed by atoms with van der Waals surface area (Å²) in [5.74, 6) is 2.34. The second-order valence-electron chi connectivity index (χ2n) is 5.33. The van der Waals surface area contributed by atoms with Crippen molar-refractivity contribution in [1.82, 2.24) is 9.55 Å². The van der Waals surface area contributed by atoms with Gasteiger partial charge < -0.3 is 9.30 Å². The molecule has 0 bridgehead atoms. The van der Waals surface area contributed by atoms with E-state index in [1.165, 1.54) is 4.48 Å². The van der Waals surface area contributed by atoms with Gasteiger partial charge in [-0.3, -0.25) is 0 Å². The Morgan fingerprint density at radius 3 is 2.90 bits per heavy atom. The maximum Gasteiger partial charge on any atom is 0.120 e. The summed E-state index contributed by atoms with van der Waals surface area (Å²) in [6.45, 7) is 1.55. The molecule has 2 aliphatic rings. The lowest BCUT2D eigenvalue weighted by molar-refractivity contribution is 0.195. The number of allylic oxidation sites excluding steroid dienone is 4. The number of hydrogen-bond acceptors (Lipinski definition) is 2. The lowest BCUT2D eigenvalue weighted by atomic mass is 9.97. The van der Waals surface area contributed by atoms with Gasteiger partial charge in [0.2, 0.25) is 0 Å². The molecule has 0 amide bonds. The van der Waals surface area contributed by atoms with Crippen LogP contribution in [0.1, 0.15) is 18.2 Å². The van der Waals surface area contributed by atoms with Gasteiger partial charge >= 0.3 is 0 Å². The summed E-state index contributed by atoms with van der Waals surface area (Å²) in [6.07, 6.45) is 7.19. The van der Waals surface area contributed by atoms with Crippen LogP contribution in [0.15, 0.2) is 58.9 Å². The number of aromatic nitrogens is 2. The highest BCUT2D eigenvalue weighted by atomic mass is 79.9. The highest BCUT2D eigenvalue weighted by Gasteiger charge is 2.29. The van der Waals surface area contributed by atoms with Crippen molar-refractivity contribution in [3.05, 3.63) is 64.7 Å². The number of hydrogen-bond donors (Lipinski definition) is 0. The van der Waals surface area contributed by atoms with Crippen molar-refractivity contribution in [2.45, 2.75) is 18.9 Å². The molecule has 0 saturated carbocycles. The molecule has 2 heterocycles. The van der Waals surface area contributed by atoms with Crippen LogP contribution in [0.25, 0.3) is 11.3 Å². The van der Waals surface area contributed by atoms with E-state index in [0.717, 1.165) is 35.8 Å². The first-order valence-corrected chi connectivity index (χ1v) is 7.92. The van der Waals surface area contributed by atoms with Crippen LogP contribution in [0.2, 0.25) is 0 Å². The molecule has 0 fully saturated rings. The minimum Gasteiger partial charge on any atom is -0.495 e. The molecule has 1 aliphatic carbocycles. The van der Waals surface area contributed by atoms with E-state index in [1.54, 1.807) is 0 Å². The summed E-state index contributed by atoms with van der Waals surface area (Å²) in [5.41, 5.74) is 2.20. The molecule has 0 spiro atoms. The van der Waals surface area contributed by atoms with Crippen LogP contribution in [0.3, 0.4) is 0 Å². The van der Waals surface area contributed by atoms with Gasteiger partial charge in [0.25, 0.3) is 0 Å². The minimum atomic E-state index is 0.212. The van der Waals surface area contributed by atoms with Crippen LogP contribution in [-0.2, 0) is 11.3 Å². The Morgan fingerprint density at radius 1 is 1.19 bits per heavy atom. The van der Waals surface area contributed by atoms with Gasteiger partial charge in [0.05, 0.1) is 18.2 Å². The van der Waals surface area contributed by atoms with Crippen LogP contribution in [0, 0.1) is 0 Å². The second-order valence-corrected chi connectivity index (χ2v) is 6.35. The number of imidazole rings is 1. The SMILES string of the molecule is BrC1=CC=C2OCCn3cc(-c4ccccc4)nc3C2C1. The first-order valence-electron chi connectivity index (χ1n) is 7.13. The van der Waals surface area contributed by atoms with E-state index in [0.29, 0.717) is 6.61 Å². The monoisotopic (exact) mass is 342 g/mol. The predicted molar refractivity (Wildman–Crippen MR) is 86.1 cm³/mol. The third kappa shape index (κ3) is 2.33. The zero-order valence-corrected chi connectivity index (χ0v) is 13.1. The van der Waals surface area contributed by atoms with Gasteiger partial charge in [-0.25, -0.2) is 4.98 Å². The van der Waals surface area contributed by atoms with Crippen molar-refractivity contribution < 1.29 is 4.74 Å². The fraction of sp³-hybridized carbons (Fsp3) is 0.235. The summed E-state index contributed by atoms with van der Waals surface area (Å²) >= 11 is 3.60. The van der Waals surface area contributed by atoms with Gasteiger partial charge in [0, 0.05) is 11.8 Å². The highest BCUT2D eigenvalue weighted by Crippen LogP contribution is 2.38. The van der Waals surface area contributed by atoms with Gasteiger partial charge in [-0.2, -0.15) is 0 Å². The van der Waals surface area contributed by atoms with E-state index >= 15 is 0 Å². The largest absolute Gasteiger partial charge is 0.495 e. The maximum atomic E-state index is 5.88. The van der Waals surface area contributed by atoms with Crippen molar-refractivity contribution in [1.29, 1.82) is 0 Å². The topological polar surface area (TPSA) is 27.1 Å². The smallest absolute Gasteiger partial charge is 0.120 e. The number of nitrogens with zero attached hydrogens (tertiary/aromatic N) is 2. The molecule has 106 valence electrons. The Labute approximate surface area is 132 Å². The zero-order valence-electron chi connectivity index (χ0n) is 11.5. The fourth-order valence-electron chi connectivity index (χ4n) is 2.92. The Hall–Kier alpha value is -1.81. The molecule has 1 aliphatic heterocycles. The predicted octanol–water partition coefficient (Wildman–Crippen LogP) is 4.23. The van der Waals surface area contributed by atoms with Gasteiger partial charge in [-0.1, -0.05) is 46.3 Å². The van der Waals surface area contributed by atoms with Crippen molar-refractivity contribution in [3.8, 4) is 11.3 Å². The molecule has 0 N–H and O–H groups in total. The van der Waals surface area contributed by atoms with Crippen LogP contribution in [0.5, 0.6) is 0 Å². The zero-order chi connectivity index (χ0) is 14.2. The van der Waals surface area contributed by atoms with Crippen molar-refractivity contribution >= 4 is 15.9 Å². The molecule has 1 unspecified atom stereocenters. The molecule has 3 nitrogen and oxygen atoms in total. The summed E-state index contributed by atoms with van der Waals surface area (Å²) < 4.78 is 9.30. The molecule has 0 radical (unpaired) electrons. The minimum absolute atomic E-state index is 0.212. The summed E-state index contributed by atoms with van der Waals surface area (Å²) in [4.78, 5) is 4.89. The van der Waals surface area contributed by atoms with Crippen LogP contribution in [0.4, 0.5) is 0 Å². The molecule has 4 rings (SSSR count). The first-order chi connectivity index (χ1) is 10.3.